The molecule has 1 aliphatic rings. The van der Waals surface area contributed by atoms with Crippen LogP contribution in [0.15, 0.2) is 94.7 Å². The van der Waals surface area contributed by atoms with Crippen molar-refractivity contribution >= 4 is 21.6 Å². The Morgan fingerprint density at radius 2 is 0.969 bits per heavy atom. The zero-order chi connectivity index (χ0) is 21.9. The van der Waals surface area contributed by atoms with Crippen LogP contribution in [0.3, 0.4) is 0 Å². The lowest BCUT2D eigenvalue weighted by molar-refractivity contribution is 0.303. The molecule has 0 aliphatic carbocycles. The van der Waals surface area contributed by atoms with Crippen molar-refractivity contribution in [1.29, 1.82) is 0 Å². The lowest BCUT2D eigenvalue weighted by Crippen LogP contribution is -2.01. The van der Waals surface area contributed by atoms with E-state index in [4.69, 9.17) is 9.47 Å². The molecule has 5 rings (SSSR count). The van der Waals surface area contributed by atoms with E-state index in [1.807, 2.05) is 58.0 Å². The van der Waals surface area contributed by atoms with Crippen LogP contribution in [0.4, 0.5) is 0 Å². The van der Waals surface area contributed by atoms with Gasteiger partial charge in [0.1, 0.15) is 24.7 Å². The highest BCUT2D eigenvalue weighted by Gasteiger charge is 2.22. The molecule has 160 valence electrons. The first kappa shape index (κ1) is 21.0. The molecule has 1 aliphatic heterocycles. The van der Waals surface area contributed by atoms with Crippen molar-refractivity contribution in [3.63, 3.8) is 0 Å². The van der Waals surface area contributed by atoms with Gasteiger partial charge in [0, 0.05) is 20.9 Å². The van der Waals surface area contributed by atoms with Gasteiger partial charge >= 0.3 is 0 Å². The molecule has 0 aromatic heterocycles. The molecule has 0 unspecified atom stereocenters. The highest BCUT2D eigenvalue weighted by atomic mass is 33.1. The van der Waals surface area contributed by atoms with Crippen molar-refractivity contribution in [3.8, 4) is 22.6 Å². The molecular weight excluding hydrogens is 432 g/mol. The first-order chi connectivity index (χ1) is 15.7. The van der Waals surface area contributed by atoms with E-state index >= 15 is 0 Å². The average Bonchev–Trinajstić information content (AvgIpc) is 2.83. The molecule has 1 heterocycles. The topological polar surface area (TPSA) is 18.5 Å². The molecule has 0 radical (unpaired) electrons. The van der Waals surface area contributed by atoms with Gasteiger partial charge in [-0.05, 0) is 60.4 Å². The molecule has 0 spiro atoms. The zero-order valence-corrected chi connectivity index (χ0v) is 19.8. The van der Waals surface area contributed by atoms with Crippen molar-refractivity contribution < 1.29 is 9.47 Å². The van der Waals surface area contributed by atoms with E-state index < -0.39 is 0 Å². The molecule has 0 saturated carbocycles. The second-order valence-corrected chi connectivity index (χ2v) is 10.2. The van der Waals surface area contributed by atoms with Crippen LogP contribution in [0, 0.1) is 13.8 Å². The minimum Gasteiger partial charge on any atom is -0.489 e. The summed E-state index contributed by atoms with van der Waals surface area (Å²) in [5, 5.41) is 0. The largest absolute Gasteiger partial charge is 0.489 e. The van der Waals surface area contributed by atoms with Crippen LogP contribution in [0.2, 0.25) is 0 Å². The summed E-state index contributed by atoms with van der Waals surface area (Å²) in [4.78, 5) is 2.54. The van der Waals surface area contributed by atoms with Gasteiger partial charge in [0.2, 0.25) is 0 Å². The van der Waals surface area contributed by atoms with Crippen molar-refractivity contribution in [3.05, 3.63) is 107 Å². The van der Waals surface area contributed by atoms with Crippen molar-refractivity contribution in [1.82, 2.24) is 0 Å². The Balaban J connectivity index is 1.44. The molecule has 0 atom stereocenters. The summed E-state index contributed by atoms with van der Waals surface area (Å²) in [5.41, 5.74) is 7.07. The highest BCUT2D eigenvalue weighted by molar-refractivity contribution is 8.76. The summed E-state index contributed by atoms with van der Waals surface area (Å²) < 4.78 is 12.4. The van der Waals surface area contributed by atoms with Crippen LogP contribution in [-0.4, -0.2) is 0 Å². The summed E-state index contributed by atoms with van der Waals surface area (Å²) in [7, 11) is 3.63. The fourth-order valence-corrected chi connectivity index (χ4v) is 6.27. The number of hydrogen-bond acceptors (Lipinski definition) is 4. The summed E-state index contributed by atoms with van der Waals surface area (Å²) in [6.45, 7) is 5.36. The number of aryl methyl sites for hydroxylation is 2. The van der Waals surface area contributed by atoms with E-state index in [2.05, 4.69) is 62.4 Å². The summed E-state index contributed by atoms with van der Waals surface area (Å²) in [6.07, 6.45) is 0. The Bertz CT molecular complexity index is 1140. The molecule has 4 aromatic carbocycles. The Hall–Kier alpha value is -2.82. The third-order valence-electron chi connectivity index (χ3n) is 5.54. The monoisotopic (exact) mass is 456 g/mol. The summed E-state index contributed by atoms with van der Waals surface area (Å²) >= 11 is 0. The Morgan fingerprint density at radius 1 is 0.562 bits per heavy atom. The van der Waals surface area contributed by atoms with Gasteiger partial charge in [-0.15, -0.1) is 0 Å². The average molecular weight is 457 g/mol. The first-order valence-electron chi connectivity index (χ1n) is 10.6. The summed E-state index contributed by atoms with van der Waals surface area (Å²) in [5.74, 6) is 1.86. The quantitative estimate of drug-likeness (QED) is 0.272. The normalized spacial score (nSPS) is 12.1. The lowest BCUT2D eigenvalue weighted by Gasteiger charge is -2.22. The Kier molecular flexibility index (Phi) is 6.15. The van der Waals surface area contributed by atoms with Gasteiger partial charge in [-0.1, -0.05) is 82.3 Å². The second-order valence-electron chi connectivity index (χ2n) is 7.94. The molecular formula is C28H24O2S2. The molecule has 4 aromatic rings. The molecule has 4 heteroatoms. The number of benzene rings is 4. The van der Waals surface area contributed by atoms with Gasteiger partial charge in [0.25, 0.3) is 0 Å². The zero-order valence-electron chi connectivity index (χ0n) is 18.1. The molecule has 0 fully saturated rings. The van der Waals surface area contributed by atoms with Gasteiger partial charge in [-0.2, -0.15) is 0 Å². The number of rotatable bonds is 6. The van der Waals surface area contributed by atoms with E-state index in [1.54, 1.807) is 0 Å². The van der Waals surface area contributed by atoms with Crippen LogP contribution in [0.5, 0.6) is 11.5 Å². The van der Waals surface area contributed by atoms with Crippen molar-refractivity contribution in [2.45, 2.75) is 36.9 Å². The van der Waals surface area contributed by atoms with E-state index in [0.717, 1.165) is 22.6 Å². The van der Waals surface area contributed by atoms with Crippen molar-refractivity contribution in [2.75, 3.05) is 0 Å². The molecule has 0 amide bonds. The SMILES string of the molecule is Cc1cc2c(cc1OCc1ccccc1)-c1cc(OCc3ccccc3)c(C)cc1SS2. The number of hydrogen-bond donors (Lipinski definition) is 0. The molecule has 32 heavy (non-hydrogen) atoms. The van der Waals surface area contributed by atoms with Crippen LogP contribution in [0.1, 0.15) is 22.3 Å². The van der Waals surface area contributed by atoms with Gasteiger partial charge < -0.3 is 9.47 Å². The van der Waals surface area contributed by atoms with Crippen LogP contribution >= 0.6 is 21.6 Å². The third-order valence-corrected chi connectivity index (χ3v) is 7.99. The van der Waals surface area contributed by atoms with Crippen LogP contribution in [-0.2, 0) is 13.2 Å². The van der Waals surface area contributed by atoms with Crippen LogP contribution < -0.4 is 9.47 Å². The Labute approximate surface area is 197 Å². The fraction of sp³-hybridized carbons (Fsp3) is 0.143. The van der Waals surface area contributed by atoms with E-state index in [9.17, 15) is 0 Å². The lowest BCUT2D eigenvalue weighted by atomic mass is 10.0. The molecule has 0 bridgehead atoms. The highest BCUT2D eigenvalue weighted by Crippen LogP contribution is 2.53. The second kappa shape index (κ2) is 9.35. The number of fused-ring (bicyclic) bond motifs is 3. The maximum absolute atomic E-state index is 6.22. The van der Waals surface area contributed by atoms with Crippen molar-refractivity contribution in [2.24, 2.45) is 0 Å². The first-order valence-corrected chi connectivity index (χ1v) is 12.8. The van der Waals surface area contributed by atoms with Crippen LogP contribution in [0.25, 0.3) is 11.1 Å². The predicted molar refractivity (Wildman–Crippen MR) is 135 cm³/mol. The minimum absolute atomic E-state index is 0.564. The van der Waals surface area contributed by atoms with E-state index in [0.29, 0.717) is 13.2 Å². The smallest absolute Gasteiger partial charge is 0.123 e. The van der Waals surface area contributed by atoms with E-state index in [-0.39, 0.29) is 0 Å². The maximum Gasteiger partial charge on any atom is 0.123 e. The third kappa shape index (κ3) is 4.52. The molecule has 0 N–H and O–H groups in total. The van der Waals surface area contributed by atoms with Gasteiger partial charge in [0.15, 0.2) is 0 Å². The van der Waals surface area contributed by atoms with Gasteiger partial charge in [-0.25, -0.2) is 0 Å². The van der Waals surface area contributed by atoms with Gasteiger partial charge in [-0.3, -0.25) is 0 Å². The minimum atomic E-state index is 0.564. The van der Waals surface area contributed by atoms with Gasteiger partial charge in [0.05, 0.1) is 0 Å². The maximum atomic E-state index is 6.22. The summed E-state index contributed by atoms with van der Waals surface area (Å²) in [6, 6.07) is 29.4. The molecule has 0 saturated heterocycles. The standard InChI is InChI=1S/C28H24O2S2/c1-19-13-27-23(15-25(19)29-17-21-9-5-3-6-10-21)24-16-26(20(2)14-28(24)32-31-27)30-18-22-11-7-4-8-12-22/h3-16H,17-18H2,1-2H3. The predicted octanol–water partition coefficient (Wildman–Crippen LogP) is 8.24. The van der Waals surface area contributed by atoms with E-state index in [1.165, 1.54) is 32.0 Å². The Morgan fingerprint density at radius 3 is 1.38 bits per heavy atom. The fourth-order valence-electron chi connectivity index (χ4n) is 3.75. The number of ether oxygens (including phenoxy) is 2. The molecule has 2 nitrogen and oxygen atoms in total.